The van der Waals surface area contributed by atoms with Crippen LogP contribution in [0.2, 0.25) is 0 Å². The van der Waals surface area contributed by atoms with Crippen molar-refractivity contribution in [3.63, 3.8) is 0 Å². The van der Waals surface area contributed by atoms with Crippen molar-refractivity contribution in [3.8, 4) is 0 Å². The van der Waals surface area contributed by atoms with Crippen LogP contribution < -0.4 is 5.32 Å². The summed E-state index contributed by atoms with van der Waals surface area (Å²) in [6.07, 6.45) is -4.64. The van der Waals surface area contributed by atoms with E-state index in [1.54, 1.807) is 0 Å². The number of rotatable bonds is 3. The van der Waals surface area contributed by atoms with Gasteiger partial charge in [0.1, 0.15) is 0 Å². The van der Waals surface area contributed by atoms with Crippen LogP contribution >= 0.6 is 0 Å². The van der Waals surface area contributed by atoms with Crippen LogP contribution in [-0.2, 0) is 0 Å². The molecule has 0 aromatic heterocycles. The molecule has 5 heteroatoms. The van der Waals surface area contributed by atoms with Gasteiger partial charge in [0.25, 0.3) is 0 Å². The van der Waals surface area contributed by atoms with E-state index in [0.29, 0.717) is 19.4 Å². The summed E-state index contributed by atoms with van der Waals surface area (Å²) in [6, 6.07) is 0. The van der Waals surface area contributed by atoms with Crippen LogP contribution in [0.1, 0.15) is 12.8 Å². The van der Waals surface area contributed by atoms with Gasteiger partial charge in [0.2, 0.25) is 12.9 Å². The Hall–Kier alpha value is -0.320. The number of halogens is 4. The van der Waals surface area contributed by atoms with Crippen molar-refractivity contribution in [3.05, 3.63) is 0 Å². The monoisotopic (exact) mass is 199 g/mol. The lowest BCUT2D eigenvalue weighted by Crippen LogP contribution is -2.39. The molecule has 1 aliphatic rings. The van der Waals surface area contributed by atoms with Crippen LogP contribution in [0, 0.1) is 11.8 Å². The Kier molecular flexibility index (Phi) is 3.96. The Morgan fingerprint density at radius 2 is 1.69 bits per heavy atom. The Bertz CT molecular complexity index is 137. The number of hydrogen-bond acceptors (Lipinski definition) is 1. The van der Waals surface area contributed by atoms with Gasteiger partial charge in [-0.25, -0.2) is 17.6 Å². The number of nitrogens with one attached hydrogen (secondary N) is 1. The van der Waals surface area contributed by atoms with Gasteiger partial charge in [-0.2, -0.15) is 0 Å². The van der Waals surface area contributed by atoms with E-state index in [-0.39, 0.29) is 0 Å². The lowest BCUT2D eigenvalue weighted by atomic mass is 9.86. The largest absolute Gasteiger partial charge is 0.316 e. The molecule has 13 heavy (non-hydrogen) atoms. The van der Waals surface area contributed by atoms with E-state index in [9.17, 15) is 17.6 Å². The molecule has 0 bridgehead atoms. The van der Waals surface area contributed by atoms with Gasteiger partial charge in [-0.3, -0.25) is 0 Å². The molecule has 0 radical (unpaired) electrons. The first kappa shape index (κ1) is 10.8. The van der Waals surface area contributed by atoms with Gasteiger partial charge in [0, 0.05) is 0 Å². The normalized spacial score (nSPS) is 24.7. The van der Waals surface area contributed by atoms with Crippen molar-refractivity contribution in [2.24, 2.45) is 11.8 Å². The summed E-state index contributed by atoms with van der Waals surface area (Å²) in [6.45, 7) is 1.04. The molecule has 1 atom stereocenters. The second-order valence-corrected chi connectivity index (χ2v) is 3.35. The second kappa shape index (κ2) is 4.79. The van der Waals surface area contributed by atoms with Crippen molar-refractivity contribution in [1.82, 2.24) is 5.32 Å². The van der Waals surface area contributed by atoms with Gasteiger partial charge in [-0.1, -0.05) is 0 Å². The first-order valence-corrected chi connectivity index (χ1v) is 4.40. The first-order chi connectivity index (χ1) is 6.13. The Labute approximate surface area is 74.5 Å². The zero-order chi connectivity index (χ0) is 9.84. The quantitative estimate of drug-likeness (QED) is 0.686. The lowest BCUT2D eigenvalue weighted by Gasteiger charge is -2.29. The molecule has 0 aromatic rings. The Morgan fingerprint density at radius 1 is 1.08 bits per heavy atom. The molecule has 1 nitrogen and oxygen atoms in total. The molecular formula is C8H13F4N. The SMILES string of the molecule is FC(F)C(C(F)F)C1CCCNC1. The highest BCUT2D eigenvalue weighted by Gasteiger charge is 2.37. The van der Waals surface area contributed by atoms with E-state index < -0.39 is 24.7 Å². The van der Waals surface area contributed by atoms with Gasteiger partial charge in [-0.05, 0) is 31.8 Å². The highest BCUT2D eigenvalue weighted by molar-refractivity contribution is 4.79. The summed E-state index contributed by atoms with van der Waals surface area (Å²) in [4.78, 5) is 0. The molecule has 0 amide bonds. The molecule has 0 saturated carbocycles. The Morgan fingerprint density at radius 3 is 2.08 bits per heavy atom. The predicted molar refractivity (Wildman–Crippen MR) is 41.1 cm³/mol. The third kappa shape index (κ3) is 2.83. The minimum Gasteiger partial charge on any atom is -0.316 e. The molecular weight excluding hydrogens is 186 g/mol. The number of hydrogen-bond donors (Lipinski definition) is 1. The molecule has 78 valence electrons. The van der Waals surface area contributed by atoms with E-state index in [1.165, 1.54) is 0 Å². The lowest BCUT2D eigenvalue weighted by molar-refractivity contribution is -0.0604. The highest BCUT2D eigenvalue weighted by Crippen LogP contribution is 2.30. The minimum absolute atomic E-state index is 0.291. The van der Waals surface area contributed by atoms with Crippen molar-refractivity contribution in [1.29, 1.82) is 0 Å². The molecule has 0 aromatic carbocycles. The maximum atomic E-state index is 12.2. The van der Waals surface area contributed by atoms with Gasteiger partial charge >= 0.3 is 0 Å². The maximum absolute atomic E-state index is 12.2. The van der Waals surface area contributed by atoms with Crippen molar-refractivity contribution < 1.29 is 17.6 Å². The minimum atomic E-state index is -2.91. The van der Waals surface area contributed by atoms with Crippen molar-refractivity contribution >= 4 is 0 Å². The maximum Gasteiger partial charge on any atom is 0.247 e. The Balaban J connectivity index is 2.52. The smallest absolute Gasteiger partial charge is 0.247 e. The molecule has 0 aliphatic carbocycles. The van der Waals surface area contributed by atoms with E-state index in [2.05, 4.69) is 5.32 Å². The van der Waals surface area contributed by atoms with Gasteiger partial charge in [0.05, 0.1) is 5.92 Å². The van der Waals surface area contributed by atoms with E-state index in [1.807, 2.05) is 0 Å². The summed E-state index contributed by atoms with van der Waals surface area (Å²) in [7, 11) is 0. The molecule has 1 rings (SSSR count). The van der Waals surface area contributed by atoms with Crippen LogP contribution in [0.25, 0.3) is 0 Å². The summed E-state index contributed by atoms with van der Waals surface area (Å²) in [5.41, 5.74) is 0. The van der Waals surface area contributed by atoms with Crippen molar-refractivity contribution in [2.45, 2.75) is 25.7 Å². The molecule has 1 fully saturated rings. The van der Waals surface area contributed by atoms with Crippen LogP contribution in [0.15, 0.2) is 0 Å². The van der Waals surface area contributed by atoms with E-state index >= 15 is 0 Å². The molecule has 1 heterocycles. The fourth-order valence-electron chi connectivity index (χ4n) is 1.73. The zero-order valence-corrected chi connectivity index (χ0v) is 7.15. The second-order valence-electron chi connectivity index (χ2n) is 3.35. The van der Waals surface area contributed by atoms with Crippen molar-refractivity contribution in [2.75, 3.05) is 13.1 Å². The molecule has 1 saturated heterocycles. The standard InChI is InChI=1S/C8H13F4N/c9-7(10)6(8(11)12)5-2-1-3-13-4-5/h5-8,13H,1-4H2. The van der Waals surface area contributed by atoms with Crippen LogP contribution in [-0.4, -0.2) is 25.9 Å². The van der Waals surface area contributed by atoms with E-state index in [0.717, 1.165) is 6.54 Å². The van der Waals surface area contributed by atoms with Crippen LogP contribution in [0.5, 0.6) is 0 Å². The topological polar surface area (TPSA) is 12.0 Å². The average Bonchev–Trinajstić information content (AvgIpc) is 2.04. The van der Waals surface area contributed by atoms with Gasteiger partial charge in [-0.15, -0.1) is 0 Å². The molecule has 1 aliphatic heterocycles. The third-order valence-corrected chi connectivity index (χ3v) is 2.46. The molecule has 1 unspecified atom stereocenters. The van der Waals surface area contributed by atoms with Gasteiger partial charge in [0.15, 0.2) is 0 Å². The number of piperidine rings is 1. The summed E-state index contributed by atoms with van der Waals surface area (Å²) < 4.78 is 48.9. The number of alkyl halides is 4. The molecule has 0 spiro atoms. The summed E-state index contributed by atoms with van der Waals surface area (Å²) in [5.74, 6) is -2.33. The van der Waals surface area contributed by atoms with Crippen LogP contribution in [0.3, 0.4) is 0 Å². The van der Waals surface area contributed by atoms with Gasteiger partial charge < -0.3 is 5.32 Å². The van der Waals surface area contributed by atoms with E-state index in [4.69, 9.17) is 0 Å². The predicted octanol–water partition coefficient (Wildman–Crippen LogP) is 2.13. The third-order valence-electron chi connectivity index (χ3n) is 2.46. The summed E-state index contributed by atoms with van der Waals surface area (Å²) >= 11 is 0. The fraction of sp³-hybridized carbons (Fsp3) is 1.00. The highest BCUT2D eigenvalue weighted by atomic mass is 19.3. The molecule has 1 N–H and O–H groups in total. The fourth-order valence-corrected chi connectivity index (χ4v) is 1.73. The summed E-state index contributed by atoms with van der Waals surface area (Å²) in [5, 5.41) is 2.86. The zero-order valence-electron chi connectivity index (χ0n) is 7.15. The first-order valence-electron chi connectivity index (χ1n) is 4.40. The van der Waals surface area contributed by atoms with Crippen LogP contribution in [0.4, 0.5) is 17.6 Å². The average molecular weight is 199 g/mol.